The molecule has 0 bridgehead atoms. The van der Waals surface area contributed by atoms with Gasteiger partial charge < -0.3 is 9.88 Å². The highest BCUT2D eigenvalue weighted by molar-refractivity contribution is 6.30. The second-order valence-corrected chi connectivity index (χ2v) is 6.03. The summed E-state index contributed by atoms with van der Waals surface area (Å²) in [6.45, 7) is 3.36. The molecule has 22 heavy (non-hydrogen) atoms. The molecule has 1 aliphatic rings. The maximum absolute atomic E-state index is 12.6. The number of aromatic nitrogens is 3. The highest BCUT2D eigenvalue weighted by Crippen LogP contribution is 2.28. The quantitative estimate of drug-likeness (QED) is 0.888. The van der Waals surface area contributed by atoms with E-state index in [1.54, 1.807) is 11.1 Å². The van der Waals surface area contributed by atoms with Gasteiger partial charge in [-0.2, -0.15) is 5.10 Å². The Morgan fingerprint density at radius 1 is 1.50 bits per heavy atom. The predicted octanol–water partition coefficient (Wildman–Crippen LogP) is 2.08. The van der Waals surface area contributed by atoms with Crippen LogP contribution in [0.3, 0.4) is 0 Å². The molecule has 2 aromatic heterocycles. The molecule has 2 aromatic rings. The number of pyridine rings is 1. The number of amides is 1. The van der Waals surface area contributed by atoms with Crippen LogP contribution < -0.4 is 5.56 Å². The minimum atomic E-state index is -0.386. The van der Waals surface area contributed by atoms with Crippen molar-refractivity contribution in [1.82, 2.24) is 20.1 Å². The van der Waals surface area contributed by atoms with Gasteiger partial charge in [-0.15, -0.1) is 0 Å². The summed E-state index contributed by atoms with van der Waals surface area (Å²) in [6, 6.07) is 1.42. The first-order valence-corrected chi connectivity index (χ1v) is 7.61. The van der Waals surface area contributed by atoms with E-state index in [-0.39, 0.29) is 22.4 Å². The first-order valence-electron chi connectivity index (χ1n) is 7.23. The number of aromatic amines is 2. The van der Waals surface area contributed by atoms with Crippen LogP contribution in [0.1, 0.15) is 40.4 Å². The van der Waals surface area contributed by atoms with Gasteiger partial charge in [0.05, 0.1) is 11.8 Å². The number of carbonyl (C=O) groups is 1. The molecule has 0 aromatic carbocycles. The minimum Gasteiger partial charge on any atom is -0.338 e. The SMILES string of the molecule is Cc1cn[nH]c1[C@@H]1CCCN(C(=O)c2c[nH]c(=O)c(Cl)c2)C1. The van der Waals surface area contributed by atoms with Crippen LogP contribution in [-0.2, 0) is 0 Å². The van der Waals surface area contributed by atoms with Crippen LogP contribution in [-0.4, -0.2) is 39.1 Å². The summed E-state index contributed by atoms with van der Waals surface area (Å²) >= 11 is 5.80. The summed E-state index contributed by atoms with van der Waals surface area (Å²) in [4.78, 5) is 28.2. The Bertz CT molecular complexity index is 752. The van der Waals surface area contributed by atoms with Gasteiger partial charge in [0, 0.05) is 30.9 Å². The first kappa shape index (κ1) is 14.8. The zero-order valence-corrected chi connectivity index (χ0v) is 13.0. The Morgan fingerprint density at radius 2 is 2.32 bits per heavy atom. The van der Waals surface area contributed by atoms with Gasteiger partial charge in [-0.25, -0.2) is 0 Å². The van der Waals surface area contributed by atoms with Gasteiger partial charge in [0.15, 0.2) is 0 Å². The number of hydrogen-bond donors (Lipinski definition) is 2. The number of nitrogens with zero attached hydrogens (tertiary/aromatic N) is 2. The van der Waals surface area contributed by atoms with Crippen LogP contribution in [0.5, 0.6) is 0 Å². The molecule has 7 heteroatoms. The lowest BCUT2D eigenvalue weighted by molar-refractivity contribution is 0.0705. The first-order chi connectivity index (χ1) is 10.6. The summed E-state index contributed by atoms with van der Waals surface area (Å²) in [5.41, 5.74) is 2.23. The average molecular weight is 321 g/mol. The number of aryl methyl sites for hydroxylation is 1. The number of hydrogen-bond acceptors (Lipinski definition) is 3. The second-order valence-electron chi connectivity index (χ2n) is 5.62. The molecule has 3 rings (SSSR count). The topological polar surface area (TPSA) is 81.8 Å². The molecule has 0 spiro atoms. The normalized spacial score (nSPS) is 18.5. The molecule has 1 aliphatic heterocycles. The number of nitrogens with one attached hydrogen (secondary N) is 2. The summed E-state index contributed by atoms with van der Waals surface area (Å²) in [6.07, 6.45) is 5.19. The molecule has 116 valence electrons. The van der Waals surface area contributed by atoms with Crippen LogP contribution in [0.2, 0.25) is 5.02 Å². The van der Waals surface area contributed by atoms with Gasteiger partial charge in [-0.1, -0.05) is 11.6 Å². The van der Waals surface area contributed by atoms with Crippen molar-refractivity contribution in [2.24, 2.45) is 0 Å². The van der Waals surface area contributed by atoms with Gasteiger partial charge in [0.25, 0.3) is 11.5 Å². The maximum Gasteiger partial charge on any atom is 0.266 e. The van der Waals surface area contributed by atoms with Gasteiger partial charge in [0.2, 0.25) is 0 Å². The van der Waals surface area contributed by atoms with Crippen LogP contribution >= 0.6 is 11.6 Å². The fourth-order valence-electron chi connectivity index (χ4n) is 2.93. The van der Waals surface area contributed by atoms with E-state index in [1.807, 2.05) is 6.92 Å². The maximum atomic E-state index is 12.6. The number of halogens is 1. The third-order valence-corrected chi connectivity index (χ3v) is 4.37. The van der Waals surface area contributed by atoms with Crippen LogP contribution in [0.25, 0.3) is 0 Å². The van der Waals surface area contributed by atoms with E-state index in [9.17, 15) is 9.59 Å². The molecule has 1 amide bonds. The molecule has 0 saturated carbocycles. The highest BCUT2D eigenvalue weighted by Gasteiger charge is 2.27. The van der Waals surface area contributed by atoms with Gasteiger partial charge in [-0.3, -0.25) is 14.7 Å². The molecular formula is C15H17ClN4O2. The largest absolute Gasteiger partial charge is 0.338 e. The summed E-state index contributed by atoms with van der Waals surface area (Å²) in [5.74, 6) is 0.151. The molecule has 2 N–H and O–H groups in total. The van der Waals surface area contributed by atoms with Crippen molar-refractivity contribution < 1.29 is 4.79 Å². The van der Waals surface area contributed by atoms with E-state index in [0.29, 0.717) is 18.7 Å². The van der Waals surface area contributed by atoms with E-state index < -0.39 is 0 Å². The molecular weight excluding hydrogens is 304 g/mol. The number of H-pyrrole nitrogens is 2. The lowest BCUT2D eigenvalue weighted by Gasteiger charge is -2.32. The molecule has 1 atom stereocenters. The zero-order chi connectivity index (χ0) is 15.7. The van der Waals surface area contributed by atoms with Crippen molar-refractivity contribution in [2.75, 3.05) is 13.1 Å². The second kappa shape index (κ2) is 5.96. The lowest BCUT2D eigenvalue weighted by atomic mass is 9.92. The van der Waals surface area contributed by atoms with Crippen molar-refractivity contribution >= 4 is 17.5 Å². The van der Waals surface area contributed by atoms with Gasteiger partial charge >= 0.3 is 0 Å². The van der Waals surface area contributed by atoms with Crippen molar-refractivity contribution in [1.29, 1.82) is 0 Å². The van der Waals surface area contributed by atoms with Gasteiger partial charge in [0.1, 0.15) is 5.02 Å². The summed E-state index contributed by atoms with van der Waals surface area (Å²) < 4.78 is 0. The standard InChI is InChI=1S/C15H17ClN4O2/c1-9-6-18-19-13(9)10-3-2-4-20(8-10)15(22)11-5-12(16)14(21)17-7-11/h5-7,10H,2-4,8H2,1H3,(H,17,21)(H,18,19)/t10-/m1/s1. The third kappa shape index (κ3) is 2.78. The fourth-order valence-corrected chi connectivity index (χ4v) is 3.10. The monoisotopic (exact) mass is 320 g/mol. The average Bonchev–Trinajstić information content (AvgIpc) is 2.95. The molecule has 6 nitrogen and oxygen atoms in total. The Hall–Kier alpha value is -2.08. The Kier molecular flexibility index (Phi) is 4.02. The van der Waals surface area contributed by atoms with Crippen molar-refractivity contribution in [2.45, 2.75) is 25.7 Å². The van der Waals surface area contributed by atoms with Crippen molar-refractivity contribution in [3.8, 4) is 0 Å². The predicted molar refractivity (Wildman–Crippen MR) is 83.3 cm³/mol. The number of rotatable bonds is 2. The zero-order valence-electron chi connectivity index (χ0n) is 12.2. The smallest absolute Gasteiger partial charge is 0.266 e. The number of carbonyl (C=O) groups excluding carboxylic acids is 1. The van der Waals surface area contributed by atoms with Crippen molar-refractivity contribution in [3.63, 3.8) is 0 Å². The Balaban J connectivity index is 1.79. The molecule has 1 saturated heterocycles. The molecule has 0 unspecified atom stereocenters. The number of piperidine rings is 1. The number of likely N-dealkylation sites (tertiary alicyclic amines) is 1. The van der Waals surface area contributed by atoms with Crippen LogP contribution in [0.15, 0.2) is 23.3 Å². The van der Waals surface area contributed by atoms with Crippen molar-refractivity contribution in [3.05, 3.63) is 50.7 Å². The third-order valence-electron chi connectivity index (χ3n) is 4.09. The highest BCUT2D eigenvalue weighted by atomic mass is 35.5. The molecule has 0 aliphatic carbocycles. The molecule has 1 fully saturated rings. The van der Waals surface area contributed by atoms with E-state index >= 15 is 0 Å². The lowest BCUT2D eigenvalue weighted by Crippen LogP contribution is -2.39. The van der Waals surface area contributed by atoms with Gasteiger partial charge in [-0.05, 0) is 31.4 Å². The molecule has 3 heterocycles. The summed E-state index contributed by atoms with van der Waals surface area (Å²) in [5, 5.41) is 7.13. The van der Waals surface area contributed by atoms with Crippen LogP contribution in [0.4, 0.5) is 0 Å². The van der Waals surface area contributed by atoms with E-state index in [2.05, 4.69) is 15.2 Å². The minimum absolute atomic E-state index is 0.0313. The molecule has 0 radical (unpaired) electrons. The fraction of sp³-hybridized carbons (Fsp3) is 0.400. The van der Waals surface area contributed by atoms with Crippen LogP contribution in [0, 0.1) is 6.92 Å². The van der Waals surface area contributed by atoms with E-state index in [0.717, 1.165) is 24.1 Å². The van der Waals surface area contributed by atoms with E-state index in [4.69, 9.17) is 11.6 Å². The summed E-state index contributed by atoms with van der Waals surface area (Å²) in [7, 11) is 0. The Morgan fingerprint density at radius 3 is 3.00 bits per heavy atom. The van der Waals surface area contributed by atoms with E-state index in [1.165, 1.54) is 12.3 Å². The Labute approximate surface area is 132 Å².